The number of esters is 1. The summed E-state index contributed by atoms with van der Waals surface area (Å²) in [5.41, 5.74) is 1.47. The topological polar surface area (TPSA) is 260 Å². The number of likely N-dealkylation sites (N-methyl/N-ethyl adjacent to an activating group) is 1. The molecule has 5 N–H and O–H groups in total. The van der Waals surface area contributed by atoms with Crippen LogP contribution in [-0.4, -0.2) is 142 Å². The number of piperazine rings is 1. The van der Waals surface area contributed by atoms with Crippen LogP contribution in [0.1, 0.15) is 88.4 Å². The number of aliphatic hydroxyl groups excluding tert-OH is 2. The molecule has 0 saturated carbocycles. The second-order valence-corrected chi connectivity index (χ2v) is 22.8. The van der Waals surface area contributed by atoms with Gasteiger partial charge < -0.3 is 63.6 Å². The average Bonchev–Trinajstić information content (AvgIpc) is 3.00. The highest BCUT2D eigenvalue weighted by Gasteiger charge is 2.50. The van der Waals surface area contributed by atoms with Crippen molar-refractivity contribution < 1.29 is 67.7 Å². The Kier molecular flexibility index (Phi) is 17.5. The van der Waals surface area contributed by atoms with Crippen LogP contribution < -0.4 is 25.1 Å². The summed E-state index contributed by atoms with van der Waals surface area (Å²) in [6, 6.07) is 11.7. The van der Waals surface area contributed by atoms with Gasteiger partial charge in [-0.3, -0.25) is 28.9 Å². The zero-order valence-corrected chi connectivity index (χ0v) is 48.2. The summed E-state index contributed by atoms with van der Waals surface area (Å²) < 4.78 is 37.7. The molecule has 438 valence electrons. The molecule has 0 radical (unpaired) electrons. The molecule has 1 amide bonds. The number of aliphatic carboxylic acids is 1. The fourth-order valence-electron chi connectivity index (χ4n) is 11.7. The van der Waals surface area contributed by atoms with Gasteiger partial charge in [0.05, 0.1) is 41.4 Å². The summed E-state index contributed by atoms with van der Waals surface area (Å²) in [4.78, 5) is 80.9. The molecule has 82 heavy (non-hydrogen) atoms. The van der Waals surface area contributed by atoms with Crippen molar-refractivity contribution in [3.8, 4) is 17.2 Å². The Labute approximate surface area is 475 Å². The van der Waals surface area contributed by atoms with Crippen LogP contribution in [0.4, 0.5) is 11.4 Å². The van der Waals surface area contributed by atoms with Crippen molar-refractivity contribution >= 4 is 68.0 Å². The molecule has 0 aliphatic carbocycles. The van der Waals surface area contributed by atoms with Crippen molar-refractivity contribution in [3.63, 3.8) is 0 Å². The second-order valence-electron chi connectivity index (χ2n) is 22.8. The number of allylic oxidation sites excluding steroid dienone is 2. The van der Waals surface area contributed by atoms with Crippen molar-refractivity contribution in [3.05, 3.63) is 105 Å². The lowest BCUT2D eigenvalue weighted by atomic mass is 9.78. The number of carbonyl (C=O) groups is 4. The number of ketones is 1. The van der Waals surface area contributed by atoms with Gasteiger partial charge in [0.1, 0.15) is 35.2 Å². The van der Waals surface area contributed by atoms with Crippen molar-refractivity contribution in [2.45, 2.75) is 112 Å². The molecule has 20 nitrogen and oxygen atoms in total. The fourth-order valence-corrected chi connectivity index (χ4v) is 11.7. The number of aliphatic hydroxyl groups is 2. The lowest BCUT2D eigenvalue weighted by Crippen LogP contribution is -2.46. The average molecular weight is 1130 g/mol. The molecule has 9 rings (SSSR count). The van der Waals surface area contributed by atoms with E-state index in [-0.39, 0.29) is 73.5 Å². The number of hydrogen-bond acceptors (Lipinski definition) is 18. The van der Waals surface area contributed by atoms with Crippen molar-refractivity contribution in [2.24, 2.45) is 29.6 Å². The first-order chi connectivity index (χ1) is 39.0. The number of carbonyl (C=O) groups excluding carboxylic acids is 3. The van der Waals surface area contributed by atoms with Gasteiger partial charge in [0.25, 0.3) is 11.7 Å². The number of amides is 1. The lowest BCUT2D eigenvalue weighted by molar-refractivity contribution is -0.160. The van der Waals surface area contributed by atoms with Gasteiger partial charge in [-0.05, 0) is 50.9 Å². The molecular formula is C62H75N5O15. The molecular weight excluding hydrogens is 1050 g/mol. The molecule has 2 fully saturated rings. The molecule has 5 aromatic rings. The fraction of sp³-hybridized carbons (Fsp3) is 0.484. The Morgan fingerprint density at radius 2 is 1.56 bits per heavy atom. The normalized spacial score (nSPS) is 27.9. The van der Waals surface area contributed by atoms with Gasteiger partial charge in [-0.1, -0.05) is 70.2 Å². The molecule has 5 heterocycles. The van der Waals surface area contributed by atoms with Crippen LogP contribution in [0.2, 0.25) is 0 Å². The molecule has 4 bridgehead atoms. The molecule has 2 saturated heterocycles. The van der Waals surface area contributed by atoms with E-state index >= 15 is 4.79 Å². The number of nitrogens with zero attached hydrogens (tertiary/aromatic N) is 4. The highest BCUT2D eigenvalue weighted by molar-refractivity contribution is 6.26. The molecule has 20 heteroatoms. The summed E-state index contributed by atoms with van der Waals surface area (Å²) in [5, 5.41) is 47.9. The van der Waals surface area contributed by atoms with Crippen LogP contribution >= 0.6 is 0 Å². The number of ether oxygens (including phenoxy) is 5. The van der Waals surface area contributed by atoms with E-state index in [1.807, 2.05) is 17.0 Å². The summed E-state index contributed by atoms with van der Waals surface area (Å²) >= 11 is 0. The van der Waals surface area contributed by atoms with E-state index in [1.165, 1.54) is 53.2 Å². The quantitative estimate of drug-likeness (QED) is 0.0411. The van der Waals surface area contributed by atoms with E-state index in [0.717, 1.165) is 43.9 Å². The first-order valence-electron chi connectivity index (χ1n) is 28.0. The van der Waals surface area contributed by atoms with Crippen LogP contribution in [0.3, 0.4) is 0 Å². The number of phenolic OH excluding ortho intramolecular Hbond substituents is 1. The van der Waals surface area contributed by atoms with Gasteiger partial charge in [0.15, 0.2) is 28.1 Å². The van der Waals surface area contributed by atoms with Gasteiger partial charge in [0, 0.05) is 125 Å². The van der Waals surface area contributed by atoms with E-state index in [0.29, 0.717) is 31.6 Å². The predicted molar refractivity (Wildman–Crippen MR) is 308 cm³/mol. The standard InChI is InChI=1S/C62H75N5O15/c1-32-12-11-13-33(2)60(74)64-51-55(72)47-46(48-57(37(6)54(47)71)82-62(8,59(48)73)79-27-20-43(77-10)34(3)56(80-38(7)68)36(5)53(70)35(4)52(32)69)50-58(51)81-45-29-42(67-21-18-41(19-22-67)61(75)76)28-44(49(45)63-50)78-31-40-16-14-39(15-17-40)30-66-25-23-65(9)24-26-66/h11-17,20,27-29,32,34-36,41,43,52-53,56,69-70,72H,18-19,21-26,30-31H2,1-10H3,(H,64,74)(H,75,76)/b12-11+,27-20+,33-13-/t32-,34+,35+,36+,43-,52-,53+,56+,62-/m0/s1. The van der Waals surface area contributed by atoms with E-state index in [1.54, 1.807) is 52.0 Å². The minimum Gasteiger partial charge on any atom is -0.505 e. The van der Waals surface area contributed by atoms with E-state index < -0.39 is 94.6 Å². The van der Waals surface area contributed by atoms with Gasteiger partial charge in [-0.25, -0.2) is 4.98 Å². The van der Waals surface area contributed by atoms with E-state index in [9.17, 15) is 39.6 Å². The number of methoxy groups -OCH3 is 1. The summed E-state index contributed by atoms with van der Waals surface area (Å²) in [5.74, 6) is -8.85. The van der Waals surface area contributed by atoms with Crippen molar-refractivity contribution in [1.82, 2.24) is 14.8 Å². The third-order valence-electron chi connectivity index (χ3n) is 17.0. The van der Waals surface area contributed by atoms with Crippen LogP contribution in [-0.2, 0) is 41.7 Å². The number of carboxylic acid groups (broad SMARTS) is 1. The summed E-state index contributed by atoms with van der Waals surface area (Å²) in [7, 11) is 3.56. The number of fused-ring (bicyclic) bond motifs is 2. The minimum absolute atomic E-state index is 0.0517. The Morgan fingerprint density at radius 1 is 0.878 bits per heavy atom. The van der Waals surface area contributed by atoms with Gasteiger partial charge >= 0.3 is 17.7 Å². The van der Waals surface area contributed by atoms with Crippen molar-refractivity contribution in [1.29, 1.82) is 0 Å². The van der Waals surface area contributed by atoms with Crippen LogP contribution in [0.5, 0.6) is 17.2 Å². The first-order valence-corrected chi connectivity index (χ1v) is 28.0. The Morgan fingerprint density at radius 3 is 2.22 bits per heavy atom. The molecule has 4 aliphatic heterocycles. The zero-order valence-electron chi connectivity index (χ0n) is 48.2. The van der Waals surface area contributed by atoms with Gasteiger partial charge in [-0.2, -0.15) is 0 Å². The summed E-state index contributed by atoms with van der Waals surface area (Å²) in [6.45, 7) is 18.2. The van der Waals surface area contributed by atoms with E-state index in [4.69, 9.17) is 33.1 Å². The minimum atomic E-state index is -2.13. The molecule has 0 spiro atoms. The lowest BCUT2D eigenvalue weighted by Gasteiger charge is -2.38. The monoisotopic (exact) mass is 1130 g/mol. The molecule has 4 aliphatic rings. The number of aromatic nitrogens is 1. The smallest absolute Gasteiger partial charge is 0.312 e. The van der Waals surface area contributed by atoms with Crippen LogP contribution in [0.25, 0.3) is 33.0 Å². The first kappa shape index (κ1) is 59.3. The Hall–Kier alpha value is -7.36. The number of rotatable bonds is 9. The van der Waals surface area contributed by atoms with Gasteiger partial charge in [0.2, 0.25) is 0 Å². The Balaban J connectivity index is 1.21. The number of Topliss-reactive ketones (excluding diaryl/α,β-unsaturated/α-hetero) is 1. The van der Waals surface area contributed by atoms with E-state index in [2.05, 4.69) is 34.3 Å². The summed E-state index contributed by atoms with van der Waals surface area (Å²) in [6.07, 6.45) is 4.18. The molecule has 0 unspecified atom stereocenters. The predicted octanol–water partition coefficient (Wildman–Crippen LogP) is 7.62. The molecule has 1 aromatic heterocycles. The number of hydrogen-bond donors (Lipinski definition) is 5. The van der Waals surface area contributed by atoms with Crippen LogP contribution in [0, 0.1) is 36.5 Å². The third kappa shape index (κ3) is 11.8. The number of phenols is 1. The van der Waals surface area contributed by atoms with Crippen molar-refractivity contribution in [2.75, 3.05) is 63.6 Å². The largest absolute Gasteiger partial charge is 0.505 e. The molecule has 9 atom stereocenters. The maximum absolute atomic E-state index is 15.2. The maximum atomic E-state index is 15.2. The zero-order chi connectivity index (χ0) is 59.1. The maximum Gasteiger partial charge on any atom is 0.312 e. The molecule has 4 aromatic carbocycles. The SMILES string of the molecule is CO[C@H]1/C=C/O[C@@]2(C)Oc3c(C)c(=O)c4c(O)c(c5oc6cc(N7CCC(C(=O)O)CC7)cc(OCc7ccc(CN8CCN(C)CC8)cc7)c6nc5c4c3C2=O)NC(=O)/C(C)=C\C=C\[C@H](C)[C@H](O)[C@@H](C)[C@@H](O)[C@@H](C)[C@H](OC(C)=O)[C@@H]1C. The Bertz CT molecular complexity index is 3430. The van der Waals surface area contributed by atoms with Crippen LogP contribution in [0.15, 0.2) is 81.7 Å². The number of benzene rings is 4. The highest BCUT2D eigenvalue weighted by atomic mass is 16.7. The number of carboxylic acids is 1. The number of aromatic hydroxyl groups is 1. The second kappa shape index (κ2) is 24.2. The third-order valence-corrected chi connectivity index (χ3v) is 17.0. The highest BCUT2D eigenvalue weighted by Crippen LogP contribution is 2.49. The van der Waals surface area contributed by atoms with Gasteiger partial charge in [-0.15, -0.1) is 0 Å². The number of piperidine rings is 1. The number of nitrogens with one attached hydrogen (secondary N) is 1. The number of anilines is 2.